The van der Waals surface area contributed by atoms with Crippen LogP contribution in [-0.4, -0.2) is 31.7 Å². The van der Waals surface area contributed by atoms with E-state index in [-0.39, 0.29) is 24.0 Å². The van der Waals surface area contributed by atoms with Gasteiger partial charge in [0, 0.05) is 29.5 Å². The molecular weight excluding hydrogens is 475 g/mol. The van der Waals surface area contributed by atoms with Crippen molar-refractivity contribution < 1.29 is 9.47 Å². The van der Waals surface area contributed by atoms with Gasteiger partial charge >= 0.3 is 0 Å². The predicted octanol–water partition coefficient (Wildman–Crippen LogP) is 4.16. The number of rotatable bonds is 8. The van der Waals surface area contributed by atoms with Crippen molar-refractivity contribution in [3.63, 3.8) is 0 Å². The first-order valence-electron chi connectivity index (χ1n) is 8.74. The second kappa shape index (κ2) is 12.0. The molecule has 0 fully saturated rings. The van der Waals surface area contributed by atoms with Gasteiger partial charge in [-0.15, -0.1) is 35.3 Å². The number of nitrogens with zero attached hydrogens (tertiary/aromatic N) is 2. The van der Waals surface area contributed by atoms with E-state index in [4.69, 9.17) is 9.47 Å². The van der Waals surface area contributed by atoms with Crippen molar-refractivity contribution in [2.24, 2.45) is 4.99 Å². The molecule has 8 heteroatoms. The largest absolute Gasteiger partial charge is 0.497 e. The fourth-order valence-corrected chi connectivity index (χ4v) is 3.17. The summed E-state index contributed by atoms with van der Waals surface area (Å²) in [6.45, 7) is 8.31. The van der Waals surface area contributed by atoms with Crippen LogP contribution in [0.1, 0.15) is 43.0 Å². The number of guanidine groups is 1. The van der Waals surface area contributed by atoms with E-state index in [0.29, 0.717) is 19.0 Å². The highest BCUT2D eigenvalue weighted by Crippen LogP contribution is 2.25. The maximum absolute atomic E-state index is 5.44. The molecule has 0 saturated carbocycles. The number of hydrogen-bond acceptors (Lipinski definition) is 5. The molecular formula is C19H29IN4O2S. The van der Waals surface area contributed by atoms with Crippen molar-refractivity contribution >= 4 is 41.3 Å². The third-order valence-corrected chi connectivity index (χ3v) is 4.94. The second-order valence-electron chi connectivity index (χ2n) is 6.06. The molecule has 0 atom stereocenters. The van der Waals surface area contributed by atoms with E-state index in [0.717, 1.165) is 40.3 Å². The average Bonchev–Trinajstić information content (AvgIpc) is 3.13. The Bertz CT molecular complexity index is 734. The molecule has 0 aliphatic heterocycles. The van der Waals surface area contributed by atoms with Gasteiger partial charge in [0.25, 0.3) is 0 Å². The Hall–Kier alpha value is -1.55. The van der Waals surface area contributed by atoms with E-state index >= 15 is 0 Å². The first-order valence-corrected chi connectivity index (χ1v) is 9.62. The molecule has 0 aliphatic rings. The summed E-state index contributed by atoms with van der Waals surface area (Å²) in [4.78, 5) is 9.30. The van der Waals surface area contributed by atoms with Crippen LogP contribution in [0.2, 0.25) is 0 Å². The van der Waals surface area contributed by atoms with E-state index in [1.165, 1.54) is 0 Å². The van der Waals surface area contributed by atoms with Gasteiger partial charge in [0.05, 0.1) is 38.0 Å². The topological polar surface area (TPSA) is 67.8 Å². The summed E-state index contributed by atoms with van der Waals surface area (Å²) in [6, 6.07) is 5.75. The SMILES string of the molecule is CCNC(=NCc1ccc(OC)cc1OC)NCc1csc(C(C)C)n1.I. The lowest BCUT2D eigenvalue weighted by Gasteiger charge is -2.12. The number of ether oxygens (including phenoxy) is 2. The monoisotopic (exact) mass is 504 g/mol. The van der Waals surface area contributed by atoms with Crippen LogP contribution in [0.25, 0.3) is 0 Å². The average molecular weight is 504 g/mol. The maximum atomic E-state index is 5.44. The molecule has 150 valence electrons. The van der Waals surface area contributed by atoms with Crippen LogP contribution in [-0.2, 0) is 13.1 Å². The number of hydrogen-bond donors (Lipinski definition) is 2. The van der Waals surface area contributed by atoms with Crippen LogP contribution in [0, 0.1) is 0 Å². The van der Waals surface area contributed by atoms with E-state index in [9.17, 15) is 0 Å². The Morgan fingerprint density at radius 3 is 2.59 bits per heavy atom. The van der Waals surface area contributed by atoms with Crippen LogP contribution in [0.4, 0.5) is 0 Å². The van der Waals surface area contributed by atoms with Gasteiger partial charge in [-0.05, 0) is 19.1 Å². The third-order valence-electron chi connectivity index (χ3n) is 3.75. The van der Waals surface area contributed by atoms with Gasteiger partial charge in [0.15, 0.2) is 5.96 Å². The minimum Gasteiger partial charge on any atom is -0.497 e. The van der Waals surface area contributed by atoms with Gasteiger partial charge in [-0.1, -0.05) is 13.8 Å². The minimum atomic E-state index is 0. The van der Waals surface area contributed by atoms with Gasteiger partial charge in [0.1, 0.15) is 11.5 Å². The Balaban J connectivity index is 0.00000364. The quantitative estimate of drug-likeness (QED) is 0.321. The van der Waals surface area contributed by atoms with Crippen molar-refractivity contribution in [3.8, 4) is 11.5 Å². The highest BCUT2D eigenvalue weighted by Gasteiger charge is 2.08. The van der Waals surface area contributed by atoms with Crippen LogP contribution in [0.5, 0.6) is 11.5 Å². The summed E-state index contributed by atoms with van der Waals surface area (Å²) in [7, 11) is 3.29. The highest BCUT2D eigenvalue weighted by atomic mass is 127. The standard InChI is InChI=1S/C19H28N4O2S.HI/c1-6-20-19(22-11-15-12-26-18(23-15)13(2)3)21-10-14-7-8-16(24-4)9-17(14)25-5;/h7-9,12-13H,6,10-11H2,1-5H3,(H2,20,21,22);1H. The highest BCUT2D eigenvalue weighted by molar-refractivity contribution is 14.0. The van der Waals surface area contributed by atoms with Gasteiger partial charge in [-0.2, -0.15) is 0 Å². The van der Waals surface area contributed by atoms with Gasteiger partial charge in [-0.25, -0.2) is 9.98 Å². The molecule has 27 heavy (non-hydrogen) atoms. The number of thiazole rings is 1. The Labute approximate surface area is 182 Å². The lowest BCUT2D eigenvalue weighted by molar-refractivity contribution is 0.391. The number of aromatic nitrogens is 1. The fourth-order valence-electron chi connectivity index (χ4n) is 2.33. The molecule has 0 unspecified atom stereocenters. The lowest BCUT2D eigenvalue weighted by atomic mass is 10.2. The zero-order valence-corrected chi connectivity index (χ0v) is 19.7. The van der Waals surface area contributed by atoms with Crippen LogP contribution < -0.4 is 20.1 Å². The zero-order valence-electron chi connectivity index (χ0n) is 16.5. The molecule has 1 heterocycles. The summed E-state index contributed by atoms with van der Waals surface area (Å²) >= 11 is 1.70. The van der Waals surface area contributed by atoms with Gasteiger partial charge in [-0.3, -0.25) is 0 Å². The van der Waals surface area contributed by atoms with Gasteiger partial charge < -0.3 is 20.1 Å². The zero-order chi connectivity index (χ0) is 18.9. The predicted molar refractivity (Wildman–Crippen MR) is 123 cm³/mol. The van der Waals surface area contributed by atoms with E-state index in [1.807, 2.05) is 25.1 Å². The second-order valence-corrected chi connectivity index (χ2v) is 6.95. The van der Waals surface area contributed by atoms with Crippen molar-refractivity contribution in [3.05, 3.63) is 39.8 Å². The Kier molecular flexibility index (Phi) is 10.5. The molecule has 1 aromatic carbocycles. The van der Waals surface area contributed by atoms with E-state index in [1.54, 1.807) is 25.6 Å². The van der Waals surface area contributed by atoms with Crippen molar-refractivity contribution in [1.82, 2.24) is 15.6 Å². The summed E-state index contributed by atoms with van der Waals surface area (Å²) in [5.41, 5.74) is 2.03. The Morgan fingerprint density at radius 1 is 1.22 bits per heavy atom. The molecule has 0 radical (unpaired) electrons. The van der Waals surface area contributed by atoms with E-state index in [2.05, 4.69) is 39.8 Å². The molecule has 0 bridgehead atoms. The van der Waals surface area contributed by atoms with Gasteiger partial charge in [0.2, 0.25) is 0 Å². The normalized spacial score (nSPS) is 11.1. The number of nitrogens with one attached hydrogen (secondary N) is 2. The van der Waals surface area contributed by atoms with E-state index < -0.39 is 0 Å². The summed E-state index contributed by atoms with van der Waals surface area (Å²) in [6.07, 6.45) is 0. The number of methoxy groups -OCH3 is 2. The number of aliphatic imine (C=N–C) groups is 1. The molecule has 0 aliphatic carbocycles. The summed E-state index contributed by atoms with van der Waals surface area (Å²) in [5.74, 6) is 2.75. The Morgan fingerprint density at radius 2 is 2.00 bits per heavy atom. The van der Waals surface area contributed by atoms with Crippen molar-refractivity contribution in [1.29, 1.82) is 0 Å². The molecule has 0 amide bonds. The van der Waals surface area contributed by atoms with Crippen LogP contribution in [0.15, 0.2) is 28.6 Å². The van der Waals surface area contributed by atoms with Crippen molar-refractivity contribution in [2.75, 3.05) is 20.8 Å². The van der Waals surface area contributed by atoms with Crippen molar-refractivity contribution in [2.45, 2.75) is 39.8 Å². The number of halogens is 1. The summed E-state index contributed by atoms with van der Waals surface area (Å²) in [5, 5.41) is 9.85. The fraction of sp³-hybridized carbons (Fsp3) is 0.474. The molecule has 6 nitrogen and oxygen atoms in total. The smallest absolute Gasteiger partial charge is 0.191 e. The number of benzene rings is 1. The molecule has 1 aromatic heterocycles. The molecule has 2 N–H and O–H groups in total. The molecule has 2 rings (SSSR count). The van der Waals surface area contributed by atoms with Crippen LogP contribution >= 0.6 is 35.3 Å². The maximum Gasteiger partial charge on any atom is 0.191 e. The molecule has 0 spiro atoms. The lowest BCUT2D eigenvalue weighted by Crippen LogP contribution is -2.36. The molecule has 0 saturated heterocycles. The van der Waals surface area contributed by atoms with Crippen LogP contribution in [0.3, 0.4) is 0 Å². The first kappa shape index (κ1) is 23.5. The first-order chi connectivity index (χ1) is 12.6. The minimum absolute atomic E-state index is 0. The summed E-state index contributed by atoms with van der Waals surface area (Å²) < 4.78 is 10.7. The molecule has 2 aromatic rings. The third kappa shape index (κ3) is 7.17.